The minimum absolute atomic E-state index is 0.0929. The molecule has 1 aliphatic heterocycles. The van der Waals surface area contributed by atoms with E-state index in [0.29, 0.717) is 17.6 Å². The Labute approximate surface area is 214 Å². The van der Waals surface area contributed by atoms with Gasteiger partial charge in [-0.15, -0.1) is 0 Å². The standard InChI is InChI=1S/C29H39N3O4/c1-5-36-27(34)19-30(4)29(35)25-10-6-8-23(14-25)28(24-9-7-11-26(33)15-24)32-17-20(2)31(16-21(32)3)18-22-12-13-22/h6-11,14-15,20-22,28,33H,5,12-13,16-19H2,1-4H3/t20-,21+,28-/m1/s1. The third-order valence-electron chi connectivity index (χ3n) is 7.34. The molecule has 0 unspecified atom stereocenters. The van der Waals surface area contributed by atoms with E-state index in [1.807, 2.05) is 36.4 Å². The van der Waals surface area contributed by atoms with E-state index in [1.165, 1.54) is 24.3 Å². The molecule has 2 aromatic rings. The number of aromatic hydroxyl groups is 1. The van der Waals surface area contributed by atoms with Crippen LogP contribution >= 0.6 is 0 Å². The second kappa shape index (κ2) is 11.4. The lowest BCUT2D eigenvalue weighted by Crippen LogP contribution is -2.57. The Balaban J connectivity index is 1.62. The van der Waals surface area contributed by atoms with Crippen LogP contribution in [0, 0.1) is 5.92 Å². The monoisotopic (exact) mass is 493 g/mol. The van der Waals surface area contributed by atoms with Crippen molar-refractivity contribution in [3.05, 3.63) is 65.2 Å². The van der Waals surface area contributed by atoms with Gasteiger partial charge in [0, 0.05) is 44.3 Å². The van der Waals surface area contributed by atoms with Crippen molar-refractivity contribution >= 4 is 11.9 Å². The van der Waals surface area contributed by atoms with Crippen molar-refractivity contribution in [2.24, 2.45) is 5.92 Å². The van der Waals surface area contributed by atoms with Gasteiger partial charge in [0.2, 0.25) is 0 Å². The summed E-state index contributed by atoms with van der Waals surface area (Å²) < 4.78 is 5.00. The summed E-state index contributed by atoms with van der Waals surface area (Å²) in [7, 11) is 1.61. The minimum atomic E-state index is -0.422. The summed E-state index contributed by atoms with van der Waals surface area (Å²) >= 11 is 0. The molecule has 1 heterocycles. The molecule has 194 valence electrons. The van der Waals surface area contributed by atoms with E-state index in [4.69, 9.17) is 4.74 Å². The molecule has 0 spiro atoms. The molecule has 2 aliphatic rings. The third-order valence-corrected chi connectivity index (χ3v) is 7.34. The maximum absolute atomic E-state index is 13.2. The van der Waals surface area contributed by atoms with Crippen molar-refractivity contribution in [3.63, 3.8) is 0 Å². The third kappa shape index (κ3) is 6.26. The summed E-state index contributed by atoms with van der Waals surface area (Å²) in [5.41, 5.74) is 2.51. The number of hydrogen-bond donors (Lipinski definition) is 1. The highest BCUT2D eigenvalue weighted by Crippen LogP contribution is 2.36. The number of carbonyl (C=O) groups is 2. The zero-order valence-electron chi connectivity index (χ0n) is 21.9. The van der Waals surface area contributed by atoms with Crippen molar-refractivity contribution in [1.29, 1.82) is 0 Å². The van der Waals surface area contributed by atoms with E-state index in [0.717, 1.165) is 30.1 Å². The molecule has 0 bridgehead atoms. The van der Waals surface area contributed by atoms with E-state index in [-0.39, 0.29) is 30.9 Å². The summed E-state index contributed by atoms with van der Waals surface area (Å²) in [6.07, 6.45) is 2.69. The Kier molecular flexibility index (Phi) is 8.32. The highest BCUT2D eigenvalue weighted by Gasteiger charge is 2.37. The van der Waals surface area contributed by atoms with Gasteiger partial charge < -0.3 is 14.7 Å². The number of ether oxygens (including phenoxy) is 1. The number of benzene rings is 2. The van der Waals surface area contributed by atoms with Gasteiger partial charge in [-0.05, 0) is 74.9 Å². The number of rotatable bonds is 9. The van der Waals surface area contributed by atoms with Crippen LogP contribution in [0.1, 0.15) is 61.1 Å². The molecule has 1 N–H and O–H groups in total. The van der Waals surface area contributed by atoms with Crippen LogP contribution in [0.4, 0.5) is 0 Å². The molecule has 1 amide bonds. The normalized spacial score (nSPS) is 21.7. The summed E-state index contributed by atoms with van der Waals surface area (Å²) in [4.78, 5) is 31.6. The number of hydrogen-bond acceptors (Lipinski definition) is 6. The second-order valence-corrected chi connectivity index (χ2v) is 10.4. The number of phenolic OH excluding ortho intramolecular Hbond substituents is 1. The largest absolute Gasteiger partial charge is 0.508 e. The topological polar surface area (TPSA) is 73.3 Å². The van der Waals surface area contributed by atoms with Crippen LogP contribution in [0.25, 0.3) is 0 Å². The maximum atomic E-state index is 13.2. The number of carbonyl (C=O) groups excluding carboxylic acids is 2. The Morgan fingerprint density at radius 2 is 1.75 bits per heavy atom. The maximum Gasteiger partial charge on any atom is 0.325 e. The van der Waals surface area contributed by atoms with E-state index >= 15 is 0 Å². The lowest BCUT2D eigenvalue weighted by atomic mass is 9.92. The van der Waals surface area contributed by atoms with Gasteiger partial charge in [-0.1, -0.05) is 24.3 Å². The van der Waals surface area contributed by atoms with Gasteiger partial charge >= 0.3 is 5.97 Å². The first-order valence-corrected chi connectivity index (χ1v) is 13.1. The predicted octanol–water partition coefficient (Wildman–Crippen LogP) is 3.92. The van der Waals surface area contributed by atoms with E-state index < -0.39 is 5.97 Å². The zero-order chi connectivity index (χ0) is 25.8. The fourth-order valence-electron chi connectivity index (χ4n) is 5.28. The SMILES string of the molecule is CCOC(=O)CN(C)C(=O)c1cccc([C@H](c2cccc(O)c2)N2C[C@@H](C)N(CC3CC3)C[C@@H]2C)c1. The lowest BCUT2D eigenvalue weighted by molar-refractivity contribution is -0.143. The lowest BCUT2D eigenvalue weighted by Gasteiger charge is -2.48. The highest BCUT2D eigenvalue weighted by molar-refractivity contribution is 5.96. The van der Waals surface area contributed by atoms with Crippen LogP contribution < -0.4 is 0 Å². The Bertz CT molecular complexity index is 1070. The van der Waals surface area contributed by atoms with Crippen molar-refractivity contribution < 1.29 is 19.4 Å². The molecular formula is C29H39N3O4. The van der Waals surface area contributed by atoms with Crippen molar-refractivity contribution in [3.8, 4) is 5.75 Å². The Hall–Kier alpha value is -2.90. The molecule has 7 nitrogen and oxygen atoms in total. The fourth-order valence-corrected chi connectivity index (χ4v) is 5.28. The van der Waals surface area contributed by atoms with Crippen LogP contribution in [0.15, 0.2) is 48.5 Å². The van der Waals surface area contributed by atoms with E-state index in [1.54, 1.807) is 26.1 Å². The van der Waals surface area contributed by atoms with Crippen LogP contribution in [0.3, 0.4) is 0 Å². The van der Waals surface area contributed by atoms with Crippen molar-refractivity contribution in [2.75, 3.05) is 39.8 Å². The molecule has 36 heavy (non-hydrogen) atoms. The van der Waals surface area contributed by atoms with Crippen LogP contribution in [-0.4, -0.2) is 83.6 Å². The van der Waals surface area contributed by atoms with Gasteiger partial charge in [0.05, 0.1) is 12.6 Å². The van der Waals surface area contributed by atoms with Crippen LogP contribution in [0.5, 0.6) is 5.75 Å². The predicted molar refractivity (Wildman–Crippen MR) is 140 cm³/mol. The Morgan fingerprint density at radius 3 is 2.42 bits per heavy atom. The quantitative estimate of drug-likeness (QED) is 0.534. The Morgan fingerprint density at radius 1 is 1.06 bits per heavy atom. The van der Waals surface area contributed by atoms with Gasteiger partial charge in [0.25, 0.3) is 5.91 Å². The van der Waals surface area contributed by atoms with Crippen molar-refractivity contribution in [1.82, 2.24) is 14.7 Å². The molecule has 3 atom stereocenters. The molecule has 4 rings (SSSR count). The van der Waals surface area contributed by atoms with Gasteiger partial charge in [0.15, 0.2) is 0 Å². The summed E-state index contributed by atoms with van der Waals surface area (Å²) in [5.74, 6) is 0.429. The molecular weight excluding hydrogens is 454 g/mol. The molecule has 2 aromatic carbocycles. The number of phenols is 1. The number of nitrogens with zero attached hydrogens (tertiary/aromatic N) is 3. The second-order valence-electron chi connectivity index (χ2n) is 10.4. The van der Waals surface area contributed by atoms with Crippen LogP contribution in [0.2, 0.25) is 0 Å². The molecule has 0 aromatic heterocycles. The number of esters is 1. The zero-order valence-corrected chi connectivity index (χ0v) is 21.9. The average molecular weight is 494 g/mol. The van der Waals surface area contributed by atoms with E-state index in [9.17, 15) is 14.7 Å². The molecule has 1 aliphatic carbocycles. The van der Waals surface area contributed by atoms with Gasteiger partial charge in [0.1, 0.15) is 12.3 Å². The van der Waals surface area contributed by atoms with Crippen molar-refractivity contribution in [2.45, 2.75) is 51.7 Å². The van der Waals surface area contributed by atoms with Gasteiger partial charge in [-0.25, -0.2) is 0 Å². The van der Waals surface area contributed by atoms with E-state index in [2.05, 4.69) is 23.6 Å². The molecule has 1 saturated heterocycles. The fraction of sp³-hybridized carbons (Fsp3) is 0.517. The number of likely N-dealkylation sites (N-methyl/N-ethyl adjacent to an activating group) is 1. The first kappa shape index (κ1) is 26.2. The molecule has 1 saturated carbocycles. The molecule has 7 heteroatoms. The molecule has 2 fully saturated rings. The first-order valence-electron chi connectivity index (χ1n) is 13.1. The summed E-state index contributed by atoms with van der Waals surface area (Å²) in [5, 5.41) is 10.3. The highest BCUT2D eigenvalue weighted by atomic mass is 16.5. The molecule has 0 radical (unpaired) electrons. The summed E-state index contributed by atoms with van der Waals surface area (Å²) in [6, 6.07) is 15.7. The number of piperazine rings is 1. The summed E-state index contributed by atoms with van der Waals surface area (Å²) in [6.45, 7) is 9.57. The van der Waals surface area contributed by atoms with Gasteiger partial charge in [-0.3, -0.25) is 19.4 Å². The van der Waals surface area contributed by atoms with Crippen LogP contribution in [-0.2, 0) is 9.53 Å². The smallest absolute Gasteiger partial charge is 0.325 e. The minimum Gasteiger partial charge on any atom is -0.508 e. The first-order chi connectivity index (χ1) is 17.3. The van der Waals surface area contributed by atoms with Gasteiger partial charge in [-0.2, -0.15) is 0 Å². The number of amides is 1. The average Bonchev–Trinajstić information content (AvgIpc) is 3.66.